The number of methoxy groups -OCH3 is 2. The molecule has 0 spiro atoms. The van der Waals surface area contributed by atoms with Crippen molar-refractivity contribution in [2.45, 2.75) is 6.92 Å². The summed E-state index contributed by atoms with van der Waals surface area (Å²) in [7, 11) is 3.12. The molecule has 0 aromatic heterocycles. The molecule has 0 saturated carbocycles. The molecule has 2 rings (SSSR count). The van der Waals surface area contributed by atoms with Crippen LogP contribution in [0.15, 0.2) is 47.6 Å². The Morgan fingerprint density at radius 1 is 1.17 bits per heavy atom. The van der Waals surface area contributed by atoms with Gasteiger partial charge in [0.2, 0.25) is 0 Å². The number of anilines is 1. The molecule has 1 amide bonds. The van der Waals surface area contributed by atoms with Gasteiger partial charge in [0, 0.05) is 11.3 Å². The first kappa shape index (κ1) is 17.3. The first-order valence-corrected chi connectivity index (χ1v) is 7.47. The Hall–Kier alpha value is -3.02. The summed E-state index contributed by atoms with van der Waals surface area (Å²) in [5.74, 6) is 0.930. The maximum Gasteiger partial charge on any atom is 0.259 e. The number of nitrogens with one attached hydrogen (secondary N) is 2. The van der Waals surface area contributed by atoms with Crippen molar-refractivity contribution in [2.24, 2.45) is 5.10 Å². The normalized spacial score (nSPS) is 10.5. The maximum absolute atomic E-state index is 11.8. The van der Waals surface area contributed by atoms with Crippen LogP contribution in [-0.4, -0.2) is 32.9 Å². The highest BCUT2D eigenvalue weighted by Gasteiger charge is 2.07. The fourth-order valence-electron chi connectivity index (χ4n) is 2.16. The third kappa shape index (κ3) is 4.74. The average molecular weight is 327 g/mol. The van der Waals surface area contributed by atoms with E-state index in [1.165, 1.54) is 6.21 Å². The molecule has 2 N–H and O–H groups in total. The summed E-state index contributed by atoms with van der Waals surface area (Å²) in [6.45, 7) is 2.13. The quantitative estimate of drug-likeness (QED) is 0.606. The number of hydrazone groups is 1. The molecule has 0 saturated heterocycles. The summed E-state index contributed by atoms with van der Waals surface area (Å²) in [5, 5.41) is 7.00. The third-order valence-electron chi connectivity index (χ3n) is 3.30. The van der Waals surface area contributed by atoms with Crippen molar-refractivity contribution in [1.29, 1.82) is 0 Å². The highest BCUT2D eigenvalue weighted by atomic mass is 16.5. The van der Waals surface area contributed by atoms with Crippen LogP contribution >= 0.6 is 0 Å². The molecular weight excluding hydrogens is 306 g/mol. The fourth-order valence-corrected chi connectivity index (χ4v) is 2.16. The molecule has 0 unspecified atom stereocenters. The van der Waals surface area contributed by atoms with Gasteiger partial charge in [-0.3, -0.25) is 4.79 Å². The van der Waals surface area contributed by atoms with Gasteiger partial charge in [-0.1, -0.05) is 18.2 Å². The molecular formula is C18H21N3O3. The standard InChI is InChI=1S/C18H21N3O3/c1-13-6-4-8-15(10-13)19-12-17(22)21-20-11-14-7-5-9-16(23-2)18(14)24-3/h4-11,19H,12H2,1-3H3,(H,21,22)/b20-11-. The summed E-state index contributed by atoms with van der Waals surface area (Å²) in [6, 6.07) is 13.2. The van der Waals surface area contributed by atoms with Gasteiger partial charge in [0.1, 0.15) is 0 Å². The SMILES string of the molecule is COc1cccc(/C=N\NC(=O)CNc2cccc(C)c2)c1OC. The van der Waals surface area contributed by atoms with E-state index in [1.807, 2.05) is 43.3 Å². The number of para-hydroxylation sites is 1. The molecule has 6 nitrogen and oxygen atoms in total. The molecule has 126 valence electrons. The van der Waals surface area contributed by atoms with Gasteiger partial charge < -0.3 is 14.8 Å². The molecule has 0 aliphatic rings. The summed E-state index contributed by atoms with van der Waals surface area (Å²) < 4.78 is 10.5. The minimum atomic E-state index is -0.241. The van der Waals surface area contributed by atoms with Gasteiger partial charge in [-0.05, 0) is 36.8 Å². The molecule has 0 aliphatic carbocycles. The average Bonchev–Trinajstić information content (AvgIpc) is 2.59. The van der Waals surface area contributed by atoms with Gasteiger partial charge in [0.25, 0.3) is 5.91 Å². The number of rotatable bonds is 7. The highest BCUT2D eigenvalue weighted by molar-refractivity contribution is 5.87. The second-order valence-electron chi connectivity index (χ2n) is 5.10. The van der Waals surface area contributed by atoms with Gasteiger partial charge in [0.05, 0.1) is 27.0 Å². The molecule has 0 bridgehead atoms. The minimum Gasteiger partial charge on any atom is -0.493 e. The third-order valence-corrected chi connectivity index (χ3v) is 3.30. The molecule has 0 radical (unpaired) electrons. The van der Waals surface area contributed by atoms with Gasteiger partial charge in [0.15, 0.2) is 11.5 Å². The lowest BCUT2D eigenvalue weighted by molar-refractivity contribution is -0.119. The highest BCUT2D eigenvalue weighted by Crippen LogP contribution is 2.29. The van der Waals surface area contributed by atoms with Crippen LogP contribution in [0.2, 0.25) is 0 Å². The summed E-state index contributed by atoms with van der Waals surface area (Å²) in [6.07, 6.45) is 1.52. The molecule has 0 atom stereocenters. The van der Waals surface area contributed by atoms with Crippen molar-refractivity contribution in [3.63, 3.8) is 0 Å². The number of ether oxygens (including phenoxy) is 2. The second kappa shape index (κ2) is 8.57. The van der Waals surface area contributed by atoms with Crippen LogP contribution in [0.4, 0.5) is 5.69 Å². The minimum absolute atomic E-state index is 0.135. The lowest BCUT2D eigenvalue weighted by Crippen LogP contribution is -2.25. The van der Waals surface area contributed by atoms with E-state index in [0.29, 0.717) is 17.1 Å². The molecule has 0 aliphatic heterocycles. The van der Waals surface area contributed by atoms with Crippen LogP contribution in [0.3, 0.4) is 0 Å². The van der Waals surface area contributed by atoms with E-state index < -0.39 is 0 Å². The molecule has 2 aromatic rings. The lowest BCUT2D eigenvalue weighted by atomic mass is 10.2. The summed E-state index contributed by atoms with van der Waals surface area (Å²) in [4.78, 5) is 11.8. The Labute approximate surface area is 141 Å². The predicted octanol–water partition coefficient (Wildman–Crippen LogP) is 2.57. The Kier molecular flexibility index (Phi) is 6.19. The van der Waals surface area contributed by atoms with E-state index >= 15 is 0 Å². The Bertz CT molecular complexity index is 729. The number of hydrogen-bond donors (Lipinski definition) is 2. The first-order chi connectivity index (χ1) is 11.6. The van der Waals surface area contributed by atoms with Crippen LogP contribution in [-0.2, 0) is 4.79 Å². The Morgan fingerprint density at radius 3 is 2.67 bits per heavy atom. The van der Waals surface area contributed by atoms with Crippen LogP contribution in [0.5, 0.6) is 11.5 Å². The van der Waals surface area contributed by atoms with E-state index in [0.717, 1.165) is 11.3 Å². The molecule has 2 aromatic carbocycles. The van der Waals surface area contributed by atoms with Crippen LogP contribution in [0.25, 0.3) is 0 Å². The molecule has 24 heavy (non-hydrogen) atoms. The van der Waals surface area contributed by atoms with Gasteiger partial charge in [-0.15, -0.1) is 0 Å². The largest absolute Gasteiger partial charge is 0.493 e. The number of benzene rings is 2. The van der Waals surface area contributed by atoms with Crippen LogP contribution in [0, 0.1) is 6.92 Å². The maximum atomic E-state index is 11.8. The number of carbonyl (C=O) groups excluding carboxylic acids is 1. The number of nitrogens with zero attached hydrogens (tertiary/aromatic N) is 1. The number of amides is 1. The van der Waals surface area contributed by atoms with E-state index in [9.17, 15) is 4.79 Å². The summed E-state index contributed by atoms with van der Waals surface area (Å²) in [5.41, 5.74) is 5.21. The van der Waals surface area contributed by atoms with Gasteiger partial charge in [-0.2, -0.15) is 5.10 Å². The Morgan fingerprint density at radius 2 is 1.96 bits per heavy atom. The van der Waals surface area contributed by atoms with Crippen LogP contribution in [0.1, 0.15) is 11.1 Å². The van der Waals surface area contributed by atoms with E-state index in [1.54, 1.807) is 20.3 Å². The Balaban J connectivity index is 1.91. The molecule has 6 heteroatoms. The smallest absolute Gasteiger partial charge is 0.259 e. The monoisotopic (exact) mass is 327 g/mol. The van der Waals surface area contributed by atoms with E-state index in [2.05, 4.69) is 15.8 Å². The number of hydrogen-bond acceptors (Lipinski definition) is 5. The van der Waals surface area contributed by atoms with Crippen molar-refractivity contribution in [2.75, 3.05) is 26.1 Å². The fraction of sp³-hybridized carbons (Fsp3) is 0.222. The van der Waals surface area contributed by atoms with Gasteiger partial charge in [-0.25, -0.2) is 5.43 Å². The zero-order valence-corrected chi connectivity index (χ0v) is 14.0. The molecule has 0 heterocycles. The van der Waals surface area contributed by atoms with Crippen molar-refractivity contribution >= 4 is 17.8 Å². The van der Waals surface area contributed by atoms with Gasteiger partial charge >= 0.3 is 0 Å². The van der Waals surface area contributed by atoms with Crippen molar-refractivity contribution < 1.29 is 14.3 Å². The molecule has 0 fully saturated rings. The summed E-state index contributed by atoms with van der Waals surface area (Å²) >= 11 is 0. The zero-order chi connectivity index (χ0) is 17.4. The lowest BCUT2D eigenvalue weighted by Gasteiger charge is -2.09. The van der Waals surface area contributed by atoms with E-state index in [4.69, 9.17) is 9.47 Å². The number of aryl methyl sites for hydroxylation is 1. The number of carbonyl (C=O) groups is 1. The first-order valence-electron chi connectivity index (χ1n) is 7.47. The van der Waals surface area contributed by atoms with Crippen molar-refractivity contribution in [3.8, 4) is 11.5 Å². The predicted molar refractivity (Wildman–Crippen MR) is 95.0 cm³/mol. The zero-order valence-electron chi connectivity index (χ0n) is 14.0. The van der Waals surface area contributed by atoms with Crippen molar-refractivity contribution in [3.05, 3.63) is 53.6 Å². The van der Waals surface area contributed by atoms with E-state index in [-0.39, 0.29) is 12.5 Å². The second-order valence-corrected chi connectivity index (χ2v) is 5.10. The van der Waals surface area contributed by atoms with Crippen molar-refractivity contribution in [1.82, 2.24) is 5.43 Å². The topological polar surface area (TPSA) is 72.0 Å². The van der Waals surface area contributed by atoms with Crippen LogP contribution < -0.4 is 20.2 Å².